The SMILES string of the molecule is [C-]#[N+]CCOP(=S)(OC[C@H]1O[C@@H](n2cnc3c(NC(=O)c4ccccc4)ncnc32)[C@H](OC(c2ccccc2)(c2ccc(OC)cc2)c2ccc(OC)cc2)[C@@H]1C)O[C@H]1[C@@H](C)[C@H](n2cnc3c(NC(=O)c4ccccc4)ncnc32)[C@H]2C[C@@]21COC(c1ccccc1)(c1ccc(OC)cc1)c1ccc(OC)cc1. The highest BCUT2D eigenvalue weighted by atomic mass is 32.5. The minimum absolute atomic E-state index is 0.0476. The molecule has 548 valence electrons. The summed E-state index contributed by atoms with van der Waals surface area (Å²) in [6.45, 7) is 7.85. The molecule has 3 fully saturated rings. The van der Waals surface area contributed by atoms with E-state index < -0.39 is 59.7 Å². The lowest BCUT2D eigenvalue weighted by molar-refractivity contribution is -0.113. The van der Waals surface area contributed by atoms with Gasteiger partial charge in [0.2, 0.25) is 6.54 Å². The summed E-state index contributed by atoms with van der Waals surface area (Å²) in [5.74, 6) is 1.20. The number of benzene rings is 8. The van der Waals surface area contributed by atoms with E-state index in [9.17, 15) is 9.59 Å². The molecule has 23 nitrogen and oxygen atoms in total. The summed E-state index contributed by atoms with van der Waals surface area (Å²) in [6.07, 6.45) is 3.24. The number of nitrogens with one attached hydrogen (secondary N) is 2. The zero-order chi connectivity index (χ0) is 74.6. The number of anilines is 2. The molecule has 5 heterocycles. The molecule has 4 aromatic heterocycles. The number of methoxy groups -OCH3 is 4. The van der Waals surface area contributed by atoms with Gasteiger partial charge in [0.25, 0.3) is 11.8 Å². The van der Waals surface area contributed by atoms with E-state index >= 15 is 0 Å². The van der Waals surface area contributed by atoms with E-state index in [-0.39, 0.29) is 61.8 Å². The van der Waals surface area contributed by atoms with Gasteiger partial charge < -0.3 is 66.8 Å². The Morgan fingerprint density at radius 1 is 0.556 bits per heavy atom. The van der Waals surface area contributed by atoms with Crippen molar-refractivity contribution in [3.05, 3.63) is 300 Å². The number of carbonyl (C=O) groups is 2. The molecule has 1 saturated heterocycles. The minimum atomic E-state index is -4.03. The molecule has 15 rings (SSSR count). The zero-order valence-electron chi connectivity index (χ0n) is 60.0. The molecule has 2 amide bonds. The van der Waals surface area contributed by atoms with Gasteiger partial charge in [-0.3, -0.25) is 14.2 Å². The summed E-state index contributed by atoms with van der Waals surface area (Å²) < 4.78 is 71.7. The van der Waals surface area contributed by atoms with E-state index in [0.29, 0.717) is 62.9 Å². The molecule has 3 aliphatic rings. The Balaban J connectivity index is 0.828. The Morgan fingerprint density at radius 2 is 0.981 bits per heavy atom. The van der Waals surface area contributed by atoms with Crippen LogP contribution in [0.4, 0.5) is 11.6 Å². The van der Waals surface area contributed by atoms with Gasteiger partial charge >= 0.3 is 6.72 Å². The summed E-state index contributed by atoms with van der Waals surface area (Å²) in [5, 5.41) is 5.94. The van der Waals surface area contributed by atoms with Crippen LogP contribution in [0.25, 0.3) is 27.2 Å². The summed E-state index contributed by atoms with van der Waals surface area (Å²) in [7, 11) is 6.52. The maximum absolute atomic E-state index is 13.8. The van der Waals surface area contributed by atoms with E-state index in [2.05, 4.69) is 44.5 Å². The zero-order valence-corrected chi connectivity index (χ0v) is 61.7. The predicted octanol–water partition coefficient (Wildman–Crippen LogP) is 14.9. The fraction of sp³-hybridized carbons (Fsp3) is 0.265. The van der Waals surface area contributed by atoms with E-state index in [1.54, 1.807) is 94.2 Å². The van der Waals surface area contributed by atoms with Gasteiger partial charge in [-0.1, -0.05) is 159 Å². The van der Waals surface area contributed by atoms with Gasteiger partial charge in [-0.2, -0.15) is 0 Å². The number of fused-ring (bicyclic) bond motifs is 3. The van der Waals surface area contributed by atoms with E-state index in [1.807, 2.05) is 169 Å². The highest BCUT2D eigenvalue weighted by molar-refractivity contribution is 8.07. The van der Waals surface area contributed by atoms with Crippen molar-refractivity contribution < 1.29 is 56.3 Å². The normalized spacial score (nSPS) is 20.8. The van der Waals surface area contributed by atoms with E-state index in [1.165, 1.54) is 12.7 Å². The summed E-state index contributed by atoms with van der Waals surface area (Å²) in [5.41, 5.74) is 3.84. The number of amides is 2. The lowest BCUT2D eigenvalue weighted by Gasteiger charge is -2.40. The first-order chi connectivity index (χ1) is 52.7. The molecule has 10 atom stereocenters. The van der Waals surface area contributed by atoms with Gasteiger partial charge in [-0.15, -0.1) is 0 Å². The van der Waals surface area contributed by atoms with Crippen molar-refractivity contribution in [2.24, 2.45) is 23.2 Å². The molecule has 2 N–H and O–H groups in total. The molecule has 0 radical (unpaired) electrons. The van der Waals surface area contributed by atoms with Gasteiger partial charge in [0, 0.05) is 34.4 Å². The largest absolute Gasteiger partial charge is 0.497 e. The fourth-order valence-electron chi connectivity index (χ4n) is 15.5. The van der Waals surface area contributed by atoms with Gasteiger partial charge in [-0.05, 0) is 130 Å². The molecule has 12 aromatic rings. The van der Waals surface area contributed by atoms with Gasteiger partial charge in [0.05, 0.1) is 66.5 Å². The van der Waals surface area contributed by atoms with E-state index in [0.717, 1.165) is 33.4 Å². The highest BCUT2D eigenvalue weighted by Gasteiger charge is 2.73. The van der Waals surface area contributed by atoms with Crippen LogP contribution in [0.15, 0.2) is 244 Å². The Labute approximate surface area is 629 Å². The van der Waals surface area contributed by atoms with Crippen molar-refractivity contribution in [1.29, 1.82) is 0 Å². The van der Waals surface area contributed by atoms with Crippen LogP contribution in [0.2, 0.25) is 0 Å². The molecule has 0 spiro atoms. The van der Waals surface area contributed by atoms with Gasteiger partial charge in [0.15, 0.2) is 40.2 Å². The standard InChI is InChI=1S/C83H78N11O12PS/c1-53-68(104-80(94-52-90-70-75(86-50-88-77(70)94)92-79(96)56-22-14-9-15-23-56)72(53)105-83(58-26-18-11-19-27-58,61-32-40-65(99-6)41-33-61)62-34-42-66(100-7)43-35-62)47-103-107(108,102-45-44-84-3)106-73-54(2)71(93-51-89-69-74(85-49-87-76(69)93)91-78(95)55-20-12-8-13-21-55)67-46-81(67,73)48-101-82(57-24-16-10-17-25-57,59-28-36-63(97-4)37-29-59)60-30-38-64(98-5)39-31-60/h8-43,49-54,67-68,71-73,80H,44-48H2,1-2,4-7H3,(H,85,87,91,95)(H,86,88,92,96)/t53-,54+,67-,68-,71+,72-,73+,80-,81-,107?/m1/s1. The number of rotatable bonds is 29. The Bertz CT molecular complexity index is 5150. The quantitative estimate of drug-likeness (QED) is 0.0192. The van der Waals surface area contributed by atoms with Crippen LogP contribution < -0.4 is 29.6 Å². The molecule has 108 heavy (non-hydrogen) atoms. The molecule has 2 aliphatic carbocycles. The maximum Gasteiger partial charge on any atom is 0.327 e. The third-order valence-electron chi connectivity index (χ3n) is 21.0. The third kappa shape index (κ3) is 13.7. The van der Waals surface area contributed by atoms with Crippen LogP contribution >= 0.6 is 6.72 Å². The maximum atomic E-state index is 13.8. The molecule has 1 unspecified atom stereocenters. The van der Waals surface area contributed by atoms with Crippen molar-refractivity contribution in [3.8, 4) is 23.0 Å². The predicted molar refractivity (Wildman–Crippen MR) is 409 cm³/mol. The smallest absolute Gasteiger partial charge is 0.327 e. The summed E-state index contributed by atoms with van der Waals surface area (Å²) >= 11 is 6.78. The number of imidazole rings is 2. The topological polar surface area (TPSA) is 242 Å². The van der Waals surface area contributed by atoms with Crippen LogP contribution in [0.3, 0.4) is 0 Å². The molecular weight excluding hydrogens is 1410 g/mol. The number of nitrogens with zero attached hydrogens (tertiary/aromatic N) is 9. The summed E-state index contributed by atoms with van der Waals surface area (Å²) in [4.78, 5) is 59.8. The minimum Gasteiger partial charge on any atom is -0.497 e. The second-order valence-corrected chi connectivity index (χ2v) is 29.9. The molecule has 8 aromatic carbocycles. The fourth-order valence-corrected chi connectivity index (χ4v) is 17.7. The molecule has 2 saturated carbocycles. The monoisotopic (exact) mass is 1480 g/mol. The first kappa shape index (κ1) is 72.5. The highest BCUT2D eigenvalue weighted by Crippen LogP contribution is 2.74. The van der Waals surface area contributed by atoms with Crippen molar-refractivity contribution in [2.75, 3.05) is 65.4 Å². The first-order valence-electron chi connectivity index (χ1n) is 35.4. The van der Waals surface area contributed by atoms with Gasteiger partial charge in [0.1, 0.15) is 59.6 Å². The molecule has 0 bridgehead atoms. The van der Waals surface area contributed by atoms with Crippen molar-refractivity contribution in [2.45, 2.75) is 62.1 Å². The molecule has 1 aliphatic heterocycles. The second kappa shape index (κ2) is 31.0. The number of ether oxygens (including phenoxy) is 7. The summed E-state index contributed by atoms with van der Waals surface area (Å²) in [6, 6.07) is 68.8. The molecule has 25 heteroatoms. The van der Waals surface area contributed by atoms with Crippen LogP contribution in [-0.2, 0) is 50.8 Å². The average Bonchev–Trinajstić information content (AvgIpc) is 1.53. The molecular formula is C83H78N11O12PS. The average molecular weight is 1480 g/mol. The lowest BCUT2D eigenvalue weighted by atomic mass is 9.79. The Kier molecular flexibility index (Phi) is 20.8. The van der Waals surface area contributed by atoms with Gasteiger partial charge in [-0.25, -0.2) is 36.5 Å². The van der Waals surface area contributed by atoms with Crippen LogP contribution in [-0.4, -0.2) is 124 Å². The Hall–Kier alpha value is -11.1. The number of aromatic nitrogens is 8. The van der Waals surface area contributed by atoms with E-state index in [4.69, 9.17) is 85.0 Å². The van der Waals surface area contributed by atoms with Crippen LogP contribution in [0.5, 0.6) is 23.0 Å². The Morgan fingerprint density at radius 3 is 1.44 bits per heavy atom. The number of hydrogen-bond acceptors (Lipinski definition) is 19. The number of hydrogen-bond donors (Lipinski definition) is 2. The van der Waals surface area contributed by atoms with Crippen molar-refractivity contribution in [1.82, 2.24) is 39.0 Å². The van der Waals surface area contributed by atoms with Crippen LogP contribution in [0, 0.1) is 29.7 Å². The lowest BCUT2D eigenvalue weighted by Crippen LogP contribution is -2.41. The second-order valence-electron chi connectivity index (χ2n) is 26.9. The van der Waals surface area contributed by atoms with Crippen LogP contribution in [0.1, 0.15) is 86.6 Å². The van der Waals surface area contributed by atoms with Crippen molar-refractivity contribution in [3.63, 3.8) is 0 Å². The number of carbonyl (C=O) groups excluding carboxylic acids is 2. The first-order valence-corrected chi connectivity index (χ1v) is 38.0. The third-order valence-corrected chi connectivity index (χ3v) is 23.4. The van der Waals surface area contributed by atoms with Crippen molar-refractivity contribution >= 4 is 64.3 Å².